The van der Waals surface area contributed by atoms with Crippen molar-refractivity contribution in [1.82, 2.24) is 4.90 Å². The van der Waals surface area contributed by atoms with E-state index in [1.165, 1.54) is 18.9 Å². The van der Waals surface area contributed by atoms with Crippen LogP contribution in [0.25, 0.3) is 6.08 Å². The Morgan fingerprint density at radius 1 is 1.13 bits per heavy atom. The van der Waals surface area contributed by atoms with Crippen molar-refractivity contribution in [3.8, 4) is 0 Å². The van der Waals surface area contributed by atoms with Gasteiger partial charge in [-0.3, -0.25) is 9.69 Å². The van der Waals surface area contributed by atoms with Crippen LogP contribution in [0.1, 0.15) is 70.1 Å². The first-order valence-corrected chi connectivity index (χ1v) is 13.5. The Labute approximate surface area is 237 Å². The maximum Gasteiger partial charge on any atom is 0.268 e. The highest BCUT2D eigenvalue weighted by molar-refractivity contribution is 7.27. The molecule has 0 radical (unpaired) electrons. The molecule has 1 unspecified atom stereocenters. The lowest BCUT2D eigenvalue weighted by atomic mass is 10.1. The molecule has 2 rings (SSSR count). The van der Waals surface area contributed by atoms with Gasteiger partial charge in [-0.1, -0.05) is 71.4 Å². The fourth-order valence-corrected chi connectivity index (χ4v) is 3.10. The van der Waals surface area contributed by atoms with Gasteiger partial charge in [-0.05, 0) is 75.0 Å². The number of hydrogen-bond acceptors (Lipinski definition) is 4. The topological polar surface area (TPSA) is 68.6 Å². The van der Waals surface area contributed by atoms with Crippen LogP contribution in [0.5, 0.6) is 0 Å². The molecule has 2 aromatic carbocycles. The number of benzene rings is 2. The summed E-state index contributed by atoms with van der Waals surface area (Å²) in [5.74, 6) is -2.00. The molecule has 8 heteroatoms. The highest BCUT2D eigenvalue weighted by atomic mass is 31.0. The van der Waals surface area contributed by atoms with Crippen LogP contribution in [0.4, 0.5) is 14.5 Å². The van der Waals surface area contributed by atoms with Gasteiger partial charge in [0.1, 0.15) is 0 Å². The van der Waals surface area contributed by atoms with Gasteiger partial charge in [-0.15, -0.1) is 9.24 Å². The number of carbonyl (C=O) groups excluding carboxylic acids is 1. The summed E-state index contributed by atoms with van der Waals surface area (Å²) in [6.45, 7) is 21.3. The first kappa shape index (κ1) is 38.1. The van der Waals surface area contributed by atoms with E-state index in [0.717, 1.165) is 47.0 Å². The van der Waals surface area contributed by atoms with Crippen molar-refractivity contribution in [3.05, 3.63) is 77.9 Å². The van der Waals surface area contributed by atoms with Gasteiger partial charge in [0, 0.05) is 23.2 Å². The van der Waals surface area contributed by atoms with Crippen molar-refractivity contribution in [3.63, 3.8) is 0 Å². The second-order valence-electron chi connectivity index (χ2n) is 8.84. The zero-order chi connectivity index (χ0) is 30.4. The zero-order valence-electron chi connectivity index (χ0n) is 24.5. The van der Waals surface area contributed by atoms with Gasteiger partial charge in [-0.25, -0.2) is 13.8 Å². The molecule has 0 aliphatic carbocycles. The van der Waals surface area contributed by atoms with Crippen LogP contribution in [0.2, 0.25) is 0 Å². The van der Waals surface area contributed by atoms with Crippen molar-refractivity contribution < 1.29 is 13.6 Å². The number of rotatable bonds is 10. The Morgan fingerprint density at radius 2 is 1.74 bits per heavy atom. The Bertz CT molecular complexity index is 1020. The second kappa shape index (κ2) is 22.9. The van der Waals surface area contributed by atoms with Crippen molar-refractivity contribution in [2.24, 2.45) is 4.99 Å². The molecule has 0 saturated carbocycles. The Hall–Kier alpha value is -3.02. The molecule has 216 valence electrons. The largest absolute Gasteiger partial charge is 0.372 e. The number of carbonyl (C=O) groups is 1. The number of unbranched alkanes of at least 4 members (excludes halogenated alkanes) is 1. The van der Waals surface area contributed by atoms with Gasteiger partial charge >= 0.3 is 0 Å². The third kappa shape index (κ3) is 18.8. The molecule has 0 aromatic heterocycles. The highest BCUT2D eigenvalue weighted by Crippen LogP contribution is 2.18. The summed E-state index contributed by atoms with van der Waals surface area (Å²) in [6, 6.07) is 8.97. The second-order valence-corrected chi connectivity index (χ2v) is 9.46. The molecule has 2 aromatic rings. The Morgan fingerprint density at radius 3 is 2.13 bits per heavy atom. The lowest BCUT2D eigenvalue weighted by Crippen LogP contribution is -2.25. The minimum atomic E-state index is -0.816. The Kier molecular flexibility index (Phi) is 22.4. The number of aryl methyl sites for hydroxylation is 1. The number of aliphatic imine (C=N–C) groups is 1. The van der Waals surface area contributed by atoms with Gasteiger partial charge in [-0.2, -0.15) is 0 Å². The molecule has 39 heavy (non-hydrogen) atoms. The van der Waals surface area contributed by atoms with E-state index >= 15 is 0 Å². The summed E-state index contributed by atoms with van der Waals surface area (Å²) in [6.07, 6.45) is 7.61. The van der Waals surface area contributed by atoms with Crippen molar-refractivity contribution in [2.75, 3.05) is 19.0 Å². The number of nitrogens with one attached hydrogen (secondary N) is 2. The summed E-state index contributed by atoms with van der Waals surface area (Å²) < 4.78 is 26.7. The van der Waals surface area contributed by atoms with E-state index in [4.69, 9.17) is 5.41 Å². The normalized spacial score (nSPS) is 9.49. The predicted molar refractivity (Wildman–Crippen MR) is 171 cm³/mol. The lowest BCUT2D eigenvalue weighted by molar-refractivity contribution is -0.113. The van der Waals surface area contributed by atoms with Gasteiger partial charge in [0.15, 0.2) is 11.6 Å². The summed E-state index contributed by atoms with van der Waals surface area (Å²) >= 11 is 0. The summed E-state index contributed by atoms with van der Waals surface area (Å²) in [7, 11) is 4.14. The summed E-state index contributed by atoms with van der Waals surface area (Å²) in [4.78, 5) is 14.8. The molecule has 2 N–H and O–H groups in total. The fourth-order valence-electron chi connectivity index (χ4n) is 2.74. The van der Waals surface area contributed by atoms with Gasteiger partial charge in [0.05, 0.1) is 6.67 Å². The van der Waals surface area contributed by atoms with Crippen molar-refractivity contribution in [2.45, 2.75) is 66.8 Å². The van der Waals surface area contributed by atoms with E-state index in [0.29, 0.717) is 13.2 Å². The average molecular weight is 561 g/mol. The number of hydrogen-bond donors (Lipinski definition) is 2. The van der Waals surface area contributed by atoms with Crippen LogP contribution in [-0.4, -0.2) is 37.0 Å². The maximum atomic E-state index is 13.4. The summed E-state index contributed by atoms with van der Waals surface area (Å²) in [5.41, 5.74) is 4.75. The van der Waals surface area contributed by atoms with E-state index in [1.807, 2.05) is 44.0 Å². The van der Waals surface area contributed by atoms with E-state index in [2.05, 4.69) is 60.2 Å². The highest BCUT2D eigenvalue weighted by Gasteiger charge is 2.09. The van der Waals surface area contributed by atoms with Crippen LogP contribution in [0.3, 0.4) is 0 Å². The van der Waals surface area contributed by atoms with Crippen LogP contribution in [0.15, 0.2) is 54.6 Å². The van der Waals surface area contributed by atoms with E-state index < -0.39 is 11.6 Å². The number of nitrogens with zero attached hydrogens (tertiary/aromatic N) is 2. The molecular weight excluding hydrogens is 513 g/mol. The van der Waals surface area contributed by atoms with Gasteiger partial charge in [0.2, 0.25) is 0 Å². The Balaban J connectivity index is 0. The van der Waals surface area contributed by atoms with Crippen molar-refractivity contribution in [1.29, 1.82) is 5.41 Å². The SMILES string of the molecule is C=CC(=O)N=C.C=Cc1ccc(C)c(NCN(C)Cc2cc(F)c(F)c(P)c2)c1.CCCC.CCCC(C)=N. The van der Waals surface area contributed by atoms with Gasteiger partial charge in [0.25, 0.3) is 5.91 Å². The van der Waals surface area contributed by atoms with Crippen LogP contribution in [0, 0.1) is 24.0 Å². The average Bonchev–Trinajstić information content (AvgIpc) is 2.91. The first-order valence-electron chi connectivity index (χ1n) is 13.0. The number of halogens is 2. The van der Waals surface area contributed by atoms with Crippen LogP contribution in [-0.2, 0) is 11.3 Å². The van der Waals surface area contributed by atoms with E-state index in [1.54, 1.807) is 12.1 Å². The standard InChI is InChI=1S/C18H21F2N2P.C5H11N.C4H5NO.C4H10/c1-4-13-6-5-12(2)16(8-13)21-11-22(3)10-14-7-15(19)18(20)17(23)9-14;1-3-4-5(2)6;1-3-4(6)5-2;1-3-4-2/h4-9,21H,1,10-11,23H2,2-3H3;6H,3-4H2,1-2H3;3H,1-2H2;3-4H2,1-2H3. The molecular formula is C31H47F2N4OP. The monoisotopic (exact) mass is 560 g/mol. The zero-order valence-corrected chi connectivity index (χ0v) is 25.7. The molecule has 0 fully saturated rings. The quantitative estimate of drug-likeness (QED) is 0.134. The molecule has 0 aliphatic rings. The minimum Gasteiger partial charge on any atom is -0.372 e. The molecule has 1 atom stereocenters. The third-order valence-electron chi connectivity index (χ3n) is 5.06. The molecule has 0 heterocycles. The lowest BCUT2D eigenvalue weighted by Gasteiger charge is -2.20. The molecule has 0 spiro atoms. The molecule has 0 aliphatic heterocycles. The smallest absolute Gasteiger partial charge is 0.268 e. The number of anilines is 1. The third-order valence-corrected chi connectivity index (χ3v) is 5.48. The minimum absolute atomic E-state index is 0.246. The van der Waals surface area contributed by atoms with E-state index in [-0.39, 0.29) is 11.2 Å². The van der Waals surface area contributed by atoms with Gasteiger partial charge < -0.3 is 10.7 Å². The fraction of sp³-hybridized carbons (Fsp3) is 0.387. The van der Waals surface area contributed by atoms with Crippen LogP contribution >= 0.6 is 9.24 Å². The number of amides is 1. The summed E-state index contributed by atoms with van der Waals surface area (Å²) in [5, 5.41) is 10.5. The van der Waals surface area contributed by atoms with E-state index in [9.17, 15) is 13.6 Å². The van der Waals surface area contributed by atoms with Crippen molar-refractivity contribution >= 4 is 44.6 Å². The first-order chi connectivity index (χ1) is 18.4. The molecule has 0 bridgehead atoms. The predicted octanol–water partition coefficient (Wildman–Crippen LogP) is 7.95. The molecule has 1 amide bonds. The van der Waals surface area contributed by atoms with Crippen LogP contribution < -0.4 is 10.6 Å². The molecule has 0 saturated heterocycles. The maximum absolute atomic E-state index is 13.4. The molecule has 5 nitrogen and oxygen atoms in total.